The Kier molecular flexibility index (Phi) is 4.05. The van der Waals surface area contributed by atoms with Crippen molar-refractivity contribution >= 4 is 11.0 Å². The zero-order chi connectivity index (χ0) is 14.7. The number of aryl methyl sites for hydroxylation is 1. The van der Waals surface area contributed by atoms with E-state index in [1.54, 1.807) is 0 Å². The van der Waals surface area contributed by atoms with E-state index in [2.05, 4.69) is 83.9 Å². The molecular formula is C19H23N2+. The molecule has 2 aromatic carbocycles. The van der Waals surface area contributed by atoms with Gasteiger partial charge in [-0.05, 0) is 31.0 Å². The molecule has 1 aromatic heterocycles. The van der Waals surface area contributed by atoms with Crippen LogP contribution in [0.1, 0.15) is 38.3 Å². The van der Waals surface area contributed by atoms with Crippen molar-refractivity contribution in [2.24, 2.45) is 0 Å². The summed E-state index contributed by atoms with van der Waals surface area (Å²) in [6.45, 7) is 5.60. The molecule has 21 heavy (non-hydrogen) atoms. The maximum Gasteiger partial charge on any atom is 0.245 e. The number of aromatic nitrogens is 2. The average molecular weight is 279 g/mol. The first kappa shape index (κ1) is 13.9. The number of imidazole rings is 1. The van der Waals surface area contributed by atoms with Crippen LogP contribution in [0.25, 0.3) is 11.0 Å². The summed E-state index contributed by atoms with van der Waals surface area (Å²) in [4.78, 5) is 0. The highest BCUT2D eigenvalue weighted by Crippen LogP contribution is 2.22. The van der Waals surface area contributed by atoms with Crippen LogP contribution in [0, 0.1) is 0 Å². The van der Waals surface area contributed by atoms with Gasteiger partial charge in [0.25, 0.3) is 0 Å². The van der Waals surface area contributed by atoms with Crippen molar-refractivity contribution in [1.82, 2.24) is 4.57 Å². The Labute approximate surface area is 126 Å². The van der Waals surface area contributed by atoms with E-state index >= 15 is 0 Å². The van der Waals surface area contributed by atoms with Gasteiger partial charge in [0.15, 0.2) is 11.0 Å². The van der Waals surface area contributed by atoms with Crippen molar-refractivity contribution in [3.63, 3.8) is 0 Å². The monoisotopic (exact) mass is 279 g/mol. The Balaban J connectivity index is 2.06. The van der Waals surface area contributed by atoms with Crippen LogP contribution in [0.2, 0.25) is 0 Å². The number of nitrogens with zero attached hydrogens (tertiary/aromatic N) is 2. The van der Waals surface area contributed by atoms with E-state index < -0.39 is 0 Å². The Morgan fingerprint density at radius 1 is 1.00 bits per heavy atom. The lowest BCUT2D eigenvalue weighted by Crippen LogP contribution is -2.32. The van der Waals surface area contributed by atoms with Gasteiger partial charge in [0.1, 0.15) is 6.04 Å². The first-order valence-corrected chi connectivity index (χ1v) is 7.85. The third-order valence-corrected chi connectivity index (χ3v) is 4.18. The van der Waals surface area contributed by atoms with E-state index in [4.69, 9.17) is 0 Å². The molecule has 2 heteroatoms. The molecule has 0 spiro atoms. The highest BCUT2D eigenvalue weighted by atomic mass is 15.1. The molecule has 3 rings (SSSR count). The molecule has 0 aliphatic heterocycles. The van der Waals surface area contributed by atoms with Crippen LogP contribution in [0.4, 0.5) is 0 Å². The molecule has 0 bridgehead atoms. The van der Waals surface area contributed by atoms with Gasteiger partial charge in [-0.3, -0.25) is 0 Å². The van der Waals surface area contributed by atoms with Crippen LogP contribution in [0.15, 0.2) is 60.9 Å². The standard InChI is InChI=1S/C19H23N2/c1-3-4-14-20-15-21(19-13-9-8-12-18(19)20)16(2)17-10-6-5-7-11-17/h5-13,15-16H,3-4,14H2,1-2H3/q+1/t16-/m0/s1. The normalized spacial score (nSPS) is 12.7. The van der Waals surface area contributed by atoms with Gasteiger partial charge in [0.05, 0.1) is 6.54 Å². The molecule has 0 saturated heterocycles. The predicted molar refractivity (Wildman–Crippen MR) is 87.3 cm³/mol. The van der Waals surface area contributed by atoms with Crippen LogP contribution in [0.3, 0.4) is 0 Å². The summed E-state index contributed by atoms with van der Waals surface area (Å²) in [5, 5.41) is 0. The summed E-state index contributed by atoms with van der Waals surface area (Å²) in [5.41, 5.74) is 3.99. The van der Waals surface area contributed by atoms with E-state index in [0.29, 0.717) is 6.04 Å². The Hall–Kier alpha value is -2.09. The zero-order valence-electron chi connectivity index (χ0n) is 12.9. The number of hydrogen-bond acceptors (Lipinski definition) is 0. The predicted octanol–water partition coefficient (Wildman–Crippen LogP) is 4.34. The van der Waals surface area contributed by atoms with E-state index in [9.17, 15) is 0 Å². The largest absolute Gasteiger partial charge is 0.245 e. The van der Waals surface area contributed by atoms with Gasteiger partial charge in [-0.15, -0.1) is 0 Å². The van der Waals surface area contributed by atoms with E-state index in [1.807, 2.05) is 0 Å². The molecule has 108 valence electrons. The molecule has 0 unspecified atom stereocenters. The van der Waals surface area contributed by atoms with Crippen molar-refractivity contribution in [3.05, 3.63) is 66.5 Å². The fourth-order valence-corrected chi connectivity index (χ4v) is 2.91. The van der Waals surface area contributed by atoms with Gasteiger partial charge in [0, 0.05) is 0 Å². The summed E-state index contributed by atoms with van der Waals surface area (Å²) < 4.78 is 4.78. The first-order valence-electron chi connectivity index (χ1n) is 7.85. The fraction of sp³-hybridized carbons (Fsp3) is 0.316. The number of para-hydroxylation sites is 2. The molecule has 0 N–H and O–H groups in total. The maximum atomic E-state index is 2.39. The molecule has 0 radical (unpaired) electrons. The van der Waals surface area contributed by atoms with Crippen LogP contribution in [0.5, 0.6) is 0 Å². The van der Waals surface area contributed by atoms with Crippen LogP contribution < -0.4 is 4.57 Å². The second-order valence-electron chi connectivity index (χ2n) is 5.65. The maximum absolute atomic E-state index is 2.39. The molecule has 0 saturated carbocycles. The lowest BCUT2D eigenvalue weighted by atomic mass is 10.1. The number of benzene rings is 2. The summed E-state index contributed by atoms with van der Waals surface area (Å²) in [6.07, 6.45) is 4.72. The van der Waals surface area contributed by atoms with Gasteiger partial charge in [-0.1, -0.05) is 55.8 Å². The van der Waals surface area contributed by atoms with Crippen molar-refractivity contribution < 1.29 is 4.57 Å². The number of rotatable bonds is 5. The molecule has 0 aliphatic rings. The smallest absolute Gasteiger partial charge is 0.230 e. The highest BCUT2D eigenvalue weighted by molar-refractivity contribution is 5.72. The van der Waals surface area contributed by atoms with E-state index in [-0.39, 0.29) is 0 Å². The number of unbranched alkanes of at least 4 members (excludes halogenated alkanes) is 1. The van der Waals surface area contributed by atoms with Crippen LogP contribution in [-0.2, 0) is 6.54 Å². The van der Waals surface area contributed by atoms with Gasteiger partial charge in [-0.2, -0.15) is 0 Å². The second kappa shape index (κ2) is 6.13. The molecule has 2 nitrogen and oxygen atoms in total. The molecule has 0 fully saturated rings. The molecule has 3 aromatic rings. The van der Waals surface area contributed by atoms with Gasteiger partial charge in [-0.25, -0.2) is 9.13 Å². The van der Waals surface area contributed by atoms with Crippen molar-refractivity contribution in [2.75, 3.05) is 0 Å². The SMILES string of the molecule is CCCC[n+]1cn([C@@H](C)c2ccccc2)c2ccccc21. The van der Waals surface area contributed by atoms with Crippen LogP contribution >= 0.6 is 0 Å². The average Bonchev–Trinajstić information content (AvgIpc) is 2.92. The lowest BCUT2D eigenvalue weighted by molar-refractivity contribution is -0.672. The molecular weight excluding hydrogens is 256 g/mol. The third-order valence-electron chi connectivity index (χ3n) is 4.18. The minimum Gasteiger partial charge on any atom is -0.230 e. The van der Waals surface area contributed by atoms with Gasteiger partial charge >= 0.3 is 0 Å². The second-order valence-corrected chi connectivity index (χ2v) is 5.65. The third kappa shape index (κ3) is 2.71. The molecule has 0 amide bonds. The Bertz CT molecular complexity index is 713. The van der Waals surface area contributed by atoms with Gasteiger partial charge < -0.3 is 0 Å². The summed E-state index contributed by atoms with van der Waals surface area (Å²) >= 11 is 0. The minimum atomic E-state index is 0.346. The summed E-state index contributed by atoms with van der Waals surface area (Å²) in [6, 6.07) is 19.8. The van der Waals surface area contributed by atoms with E-state index in [0.717, 1.165) is 6.54 Å². The number of hydrogen-bond donors (Lipinski definition) is 0. The highest BCUT2D eigenvalue weighted by Gasteiger charge is 2.20. The van der Waals surface area contributed by atoms with Crippen molar-refractivity contribution in [3.8, 4) is 0 Å². The van der Waals surface area contributed by atoms with Crippen LogP contribution in [-0.4, -0.2) is 4.57 Å². The van der Waals surface area contributed by atoms with E-state index in [1.165, 1.54) is 29.4 Å². The quantitative estimate of drug-likeness (QED) is 0.614. The number of fused-ring (bicyclic) bond motifs is 1. The summed E-state index contributed by atoms with van der Waals surface area (Å²) in [7, 11) is 0. The fourth-order valence-electron chi connectivity index (χ4n) is 2.91. The summed E-state index contributed by atoms with van der Waals surface area (Å²) in [5.74, 6) is 0. The Morgan fingerprint density at radius 3 is 2.48 bits per heavy atom. The topological polar surface area (TPSA) is 8.81 Å². The van der Waals surface area contributed by atoms with Gasteiger partial charge in [0.2, 0.25) is 6.33 Å². The van der Waals surface area contributed by atoms with Crippen molar-refractivity contribution in [2.45, 2.75) is 39.3 Å². The van der Waals surface area contributed by atoms with Crippen molar-refractivity contribution in [1.29, 1.82) is 0 Å². The molecule has 0 aliphatic carbocycles. The zero-order valence-corrected chi connectivity index (χ0v) is 12.9. The lowest BCUT2D eigenvalue weighted by Gasteiger charge is -2.08. The molecule has 1 atom stereocenters. The minimum absolute atomic E-state index is 0.346. The molecule has 1 heterocycles. The first-order chi connectivity index (χ1) is 10.3. The Morgan fingerprint density at radius 2 is 1.71 bits per heavy atom.